The Morgan fingerprint density at radius 2 is 2.00 bits per heavy atom. The van der Waals surface area contributed by atoms with E-state index in [0.717, 1.165) is 49.3 Å². The Bertz CT molecular complexity index is 1170. The zero-order chi connectivity index (χ0) is 23.0. The lowest BCUT2D eigenvalue weighted by Crippen LogP contribution is -2.40. The third-order valence-electron chi connectivity index (χ3n) is 6.79. The van der Waals surface area contributed by atoms with Gasteiger partial charge in [-0.1, -0.05) is 29.8 Å². The van der Waals surface area contributed by atoms with Crippen LogP contribution >= 0.6 is 0 Å². The molecule has 1 spiro atoms. The maximum absolute atomic E-state index is 12.3. The minimum atomic E-state index is -0.0255. The van der Waals surface area contributed by atoms with E-state index in [-0.39, 0.29) is 11.4 Å². The lowest BCUT2D eigenvalue weighted by atomic mass is 9.82. The quantitative estimate of drug-likeness (QED) is 0.625. The Kier molecular flexibility index (Phi) is 5.44. The van der Waals surface area contributed by atoms with Gasteiger partial charge < -0.3 is 20.7 Å². The van der Waals surface area contributed by atoms with Gasteiger partial charge in [-0.15, -0.1) is 0 Å². The van der Waals surface area contributed by atoms with Gasteiger partial charge in [-0.2, -0.15) is 5.10 Å². The number of aryl methyl sites for hydroxylation is 2. The number of hydrogen-bond acceptors (Lipinski definition) is 5. The Morgan fingerprint density at radius 3 is 2.79 bits per heavy atom. The van der Waals surface area contributed by atoms with Crippen molar-refractivity contribution in [2.45, 2.75) is 45.3 Å². The predicted molar refractivity (Wildman–Crippen MR) is 127 cm³/mol. The number of ether oxygens (including phenoxy) is 1. The predicted octanol–water partition coefficient (Wildman–Crippen LogP) is 3.49. The molecule has 33 heavy (non-hydrogen) atoms. The topological polar surface area (TPSA) is 98.3 Å². The molecule has 0 unspecified atom stereocenters. The highest BCUT2D eigenvalue weighted by Gasteiger charge is 2.46. The molecule has 1 saturated heterocycles. The van der Waals surface area contributed by atoms with Crippen molar-refractivity contribution in [3.05, 3.63) is 59.4 Å². The molecule has 0 aliphatic carbocycles. The van der Waals surface area contributed by atoms with Gasteiger partial charge in [-0.25, -0.2) is 9.78 Å². The van der Waals surface area contributed by atoms with E-state index in [9.17, 15) is 4.79 Å². The Morgan fingerprint density at radius 1 is 1.21 bits per heavy atom. The van der Waals surface area contributed by atoms with Crippen molar-refractivity contribution < 1.29 is 9.53 Å². The third kappa shape index (κ3) is 4.01. The van der Waals surface area contributed by atoms with Gasteiger partial charge >= 0.3 is 6.03 Å². The molecule has 2 amide bonds. The van der Waals surface area contributed by atoms with Crippen LogP contribution in [0.2, 0.25) is 0 Å². The van der Waals surface area contributed by atoms with Crippen LogP contribution in [0.15, 0.2) is 42.6 Å². The van der Waals surface area contributed by atoms with Crippen LogP contribution in [0, 0.1) is 6.92 Å². The molecule has 1 fully saturated rings. The van der Waals surface area contributed by atoms with Gasteiger partial charge in [0.2, 0.25) is 0 Å². The second-order valence-electron chi connectivity index (χ2n) is 9.06. The SMILES string of the molecule is CCNC(=O)N1CC[C@@]2(CCn3nc(-c4cnc(N)c(OCc5ccc(C)cc5)c4)cc32)C1. The summed E-state index contributed by atoms with van der Waals surface area (Å²) in [6.07, 6.45) is 3.71. The number of likely N-dealkylation sites (tertiary alicyclic amines) is 1. The maximum Gasteiger partial charge on any atom is 0.317 e. The Labute approximate surface area is 193 Å². The minimum absolute atomic E-state index is 0.0191. The summed E-state index contributed by atoms with van der Waals surface area (Å²) in [7, 11) is 0. The van der Waals surface area contributed by atoms with Crippen LogP contribution in [0.5, 0.6) is 5.75 Å². The molecule has 172 valence electrons. The lowest BCUT2D eigenvalue weighted by Gasteiger charge is -2.23. The molecule has 2 aromatic heterocycles. The number of amides is 2. The van der Waals surface area contributed by atoms with Crippen LogP contribution in [-0.2, 0) is 18.6 Å². The van der Waals surface area contributed by atoms with Crippen LogP contribution in [0.25, 0.3) is 11.3 Å². The fraction of sp³-hybridized carbons (Fsp3) is 0.400. The molecule has 0 radical (unpaired) electrons. The van der Waals surface area contributed by atoms with Crippen molar-refractivity contribution in [2.24, 2.45) is 0 Å². The number of pyridine rings is 1. The molecule has 8 nitrogen and oxygen atoms in total. The number of nitrogens with zero attached hydrogens (tertiary/aromatic N) is 4. The summed E-state index contributed by atoms with van der Waals surface area (Å²) in [5.41, 5.74) is 11.3. The average Bonchev–Trinajstić information content (AvgIpc) is 3.51. The molecule has 5 rings (SSSR count). The molecule has 3 aromatic rings. The molecule has 2 aliphatic rings. The average molecular weight is 447 g/mol. The molecule has 0 bridgehead atoms. The highest BCUT2D eigenvalue weighted by Crippen LogP contribution is 2.44. The summed E-state index contributed by atoms with van der Waals surface area (Å²) in [5, 5.41) is 7.76. The smallest absolute Gasteiger partial charge is 0.317 e. The van der Waals surface area contributed by atoms with E-state index >= 15 is 0 Å². The van der Waals surface area contributed by atoms with Gasteiger partial charge in [0.05, 0.1) is 5.69 Å². The summed E-state index contributed by atoms with van der Waals surface area (Å²) in [6.45, 7) is 7.43. The Balaban J connectivity index is 1.35. The molecule has 1 aromatic carbocycles. The number of nitrogens with two attached hydrogens (primary N) is 1. The van der Waals surface area contributed by atoms with E-state index < -0.39 is 0 Å². The van der Waals surface area contributed by atoms with Crippen molar-refractivity contribution in [1.82, 2.24) is 25.0 Å². The van der Waals surface area contributed by atoms with Crippen LogP contribution in [0.4, 0.5) is 10.6 Å². The zero-order valence-corrected chi connectivity index (χ0v) is 19.2. The summed E-state index contributed by atoms with van der Waals surface area (Å²) in [6, 6.07) is 12.3. The highest BCUT2D eigenvalue weighted by molar-refractivity contribution is 5.75. The summed E-state index contributed by atoms with van der Waals surface area (Å²) in [4.78, 5) is 18.6. The number of nitrogens with one attached hydrogen (secondary N) is 1. The van der Waals surface area contributed by atoms with Gasteiger partial charge in [0, 0.05) is 49.0 Å². The molecule has 0 saturated carbocycles. The van der Waals surface area contributed by atoms with Crippen molar-refractivity contribution in [2.75, 3.05) is 25.4 Å². The van der Waals surface area contributed by atoms with Crippen LogP contribution in [0.1, 0.15) is 36.6 Å². The number of fused-ring (bicyclic) bond motifs is 2. The van der Waals surface area contributed by atoms with Crippen molar-refractivity contribution >= 4 is 11.8 Å². The number of urea groups is 1. The van der Waals surface area contributed by atoms with Gasteiger partial charge in [0.1, 0.15) is 6.61 Å². The number of aromatic nitrogens is 3. The summed E-state index contributed by atoms with van der Waals surface area (Å²) < 4.78 is 8.07. The Hall–Kier alpha value is -3.55. The number of carbonyl (C=O) groups excluding carboxylic acids is 1. The first-order valence-corrected chi connectivity index (χ1v) is 11.5. The molecule has 8 heteroatoms. The van der Waals surface area contributed by atoms with Crippen LogP contribution < -0.4 is 15.8 Å². The van der Waals surface area contributed by atoms with E-state index in [4.69, 9.17) is 15.6 Å². The third-order valence-corrected chi connectivity index (χ3v) is 6.79. The van der Waals surface area contributed by atoms with E-state index in [1.54, 1.807) is 6.20 Å². The van der Waals surface area contributed by atoms with Crippen molar-refractivity contribution in [3.8, 4) is 17.0 Å². The van der Waals surface area contributed by atoms with Gasteiger partial charge in [-0.05, 0) is 44.4 Å². The zero-order valence-electron chi connectivity index (χ0n) is 19.2. The summed E-state index contributed by atoms with van der Waals surface area (Å²) in [5.74, 6) is 0.918. The fourth-order valence-electron chi connectivity index (χ4n) is 4.88. The second-order valence-corrected chi connectivity index (χ2v) is 9.06. The fourth-order valence-corrected chi connectivity index (χ4v) is 4.88. The van der Waals surface area contributed by atoms with E-state index in [0.29, 0.717) is 24.7 Å². The number of carbonyl (C=O) groups is 1. The normalized spacial score (nSPS) is 19.2. The first-order chi connectivity index (χ1) is 16.0. The number of rotatable bonds is 5. The summed E-state index contributed by atoms with van der Waals surface area (Å²) >= 11 is 0. The standard InChI is InChI=1S/C25H30N6O2/c1-3-27-24(32)30-10-8-25(16-30)9-11-31-22(25)13-20(29-31)19-12-21(23(26)28-14-19)33-15-18-6-4-17(2)5-7-18/h4-7,12-14H,3,8-11,15-16H2,1-2H3,(H2,26,28)(H,27,32)/t25-/m1/s1. The minimum Gasteiger partial charge on any atom is -0.485 e. The van der Waals surface area contributed by atoms with E-state index in [1.165, 1.54) is 11.3 Å². The number of anilines is 1. The first-order valence-electron chi connectivity index (χ1n) is 11.5. The van der Waals surface area contributed by atoms with Gasteiger partial charge in [0.25, 0.3) is 0 Å². The first kappa shape index (κ1) is 21.3. The maximum atomic E-state index is 12.3. The van der Waals surface area contributed by atoms with E-state index in [1.807, 2.05) is 30.0 Å². The number of hydrogen-bond donors (Lipinski definition) is 2. The van der Waals surface area contributed by atoms with Gasteiger partial charge in [0.15, 0.2) is 11.6 Å². The largest absolute Gasteiger partial charge is 0.485 e. The molecule has 1 atom stereocenters. The second kappa shape index (κ2) is 8.42. The van der Waals surface area contributed by atoms with Crippen molar-refractivity contribution in [1.29, 1.82) is 0 Å². The monoisotopic (exact) mass is 446 g/mol. The van der Waals surface area contributed by atoms with Crippen LogP contribution in [-0.4, -0.2) is 45.3 Å². The lowest BCUT2D eigenvalue weighted by molar-refractivity contribution is 0.206. The number of nitrogen functional groups attached to an aromatic ring is 1. The highest BCUT2D eigenvalue weighted by atomic mass is 16.5. The van der Waals surface area contributed by atoms with Crippen molar-refractivity contribution in [3.63, 3.8) is 0 Å². The van der Waals surface area contributed by atoms with Gasteiger partial charge in [-0.3, -0.25) is 4.68 Å². The van der Waals surface area contributed by atoms with E-state index in [2.05, 4.69) is 40.1 Å². The molecular weight excluding hydrogens is 416 g/mol. The number of benzene rings is 1. The van der Waals surface area contributed by atoms with Crippen LogP contribution in [0.3, 0.4) is 0 Å². The molecular formula is C25H30N6O2. The molecule has 4 heterocycles. The molecule has 2 aliphatic heterocycles. The molecule has 3 N–H and O–H groups in total.